The van der Waals surface area contributed by atoms with E-state index in [1.807, 2.05) is 67.5 Å². The second-order valence-corrected chi connectivity index (χ2v) is 7.68. The Morgan fingerprint density at radius 2 is 1.82 bits per heavy atom. The van der Waals surface area contributed by atoms with Crippen molar-refractivity contribution >= 4 is 45.0 Å². The van der Waals surface area contributed by atoms with E-state index in [0.717, 1.165) is 39.6 Å². The molecule has 0 saturated carbocycles. The van der Waals surface area contributed by atoms with Crippen molar-refractivity contribution < 1.29 is 9.53 Å². The summed E-state index contributed by atoms with van der Waals surface area (Å²) in [5.74, 6) is 0.803. The number of para-hydroxylation sites is 1. The van der Waals surface area contributed by atoms with E-state index in [9.17, 15) is 4.79 Å². The molecule has 0 bridgehead atoms. The van der Waals surface area contributed by atoms with Crippen molar-refractivity contribution in [3.05, 3.63) is 54.1 Å². The molecule has 28 heavy (non-hydrogen) atoms. The van der Waals surface area contributed by atoms with Gasteiger partial charge in [0.2, 0.25) is 5.91 Å². The number of nitrogens with zero attached hydrogens (tertiary/aromatic N) is 3. The lowest BCUT2D eigenvalue weighted by Crippen LogP contribution is -2.34. The molecule has 0 saturated heterocycles. The second-order valence-electron chi connectivity index (χ2n) is 6.67. The first-order valence-corrected chi connectivity index (χ1v) is 9.82. The molecule has 0 aliphatic rings. The van der Waals surface area contributed by atoms with E-state index in [2.05, 4.69) is 4.90 Å². The molecule has 1 amide bonds. The van der Waals surface area contributed by atoms with Crippen LogP contribution < -0.4 is 9.64 Å². The molecule has 0 aliphatic carbocycles. The van der Waals surface area contributed by atoms with Gasteiger partial charge in [-0.05, 0) is 44.8 Å². The largest absolute Gasteiger partial charge is 0.494 e. The minimum atomic E-state index is 0. The van der Waals surface area contributed by atoms with Gasteiger partial charge >= 0.3 is 0 Å². The highest BCUT2D eigenvalue weighted by Crippen LogP contribution is 2.34. The number of aromatic nitrogens is 1. The Morgan fingerprint density at radius 1 is 1.07 bits per heavy atom. The van der Waals surface area contributed by atoms with E-state index < -0.39 is 0 Å². The molecule has 3 rings (SSSR count). The van der Waals surface area contributed by atoms with Gasteiger partial charge in [0.05, 0.1) is 18.2 Å². The Balaban J connectivity index is 0.00000280. The standard InChI is InChI=1S/C21H25N3O2S.ClH/c1-23(2)13-8-14-24(19(25)15-16-9-5-4-6-10-16)21-22-20-17(26-3)11-7-12-18(20)27-21;/h4-7,9-12H,8,13-15H2,1-3H3;1H. The van der Waals surface area contributed by atoms with Crippen LogP contribution in [0.5, 0.6) is 5.75 Å². The number of amides is 1. The van der Waals surface area contributed by atoms with Gasteiger partial charge in [0, 0.05) is 6.54 Å². The van der Waals surface area contributed by atoms with Crippen LogP contribution in [-0.2, 0) is 11.2 Å². The lowest BCUT2D eigenvalue weighted by atomic mass is 10.1. The third-order valence-corrected chi connectivity index (χ3v) is 5.35. The zero-order valence-electron chi connectivity index (χ0n) is 16.4. The number of fused-ring (bicyclic) bond motifs is 1. The number of hydrogen-bond donors (Lipinski definition) is 0. The summed E-state index contributed by atoms with van der Waals surface area (Å²) in [6, 6.07) is 15.7. The molecule has 1 aromatic heterocycles. The fourth-order valence-electron chi connectivity index (χ4n) is 2.93. The Hall–Kier alpha value is -2.15. The summed E-state index contributed by atoms with van der Waals surface area (Å²) in [7, 11) is 5.72. The van der Waals surface area contributed by atoms with Gasteiger partial charge in [-0.25, -0.2) is 4.98 Å². The number of carbonyl (C=O) groups excluding carboxylic acids is 1. The Morgan fingerprint density at radius 3 is 2.50 bits per heavy atom. The van der Waals surface area contributed by atoms with Crippen LogP contribution in [0.15, 0.2) is 48.5 Å². The number of rotatable bonds is 8. The fourth-order valence-corrected chi connectivity index (χ4v) is 3.96. The zero-order valence-corrected chi connectivity index (χ0v) is 18.1. The van der Waals surface area contributed by atoms with Crippen LogP contribution in [0.2, 0.25) is 0 Å². The van der Waals surface area contributed by atoms with Crippen molar-refractivity contribution in [1.29, 1.82) is 0 Å². The first kappa shape index (κ1) is 22.1. The van der Waals surface area contributed by atoms with Crippen LogP contribution in [-0.4, -0.2) is 50.1 Å². The Labute approximate surface area is 176 Å². The number of ether oxygens (including phenoxy) is 1. The topological polar surface area (TPSA) is 45.7 Å². The van der Waals surface area contributed by atoms with E-state index in [-0.39, 0.29) is 18.3 Å². The average molecular weight is 420 g/mol. The third-order valence-electron chi connectivity index (χ3n) is 4.31. The first-order valence-electron chi connectivity index (χ1n) is 9.01. The molecule has 0 aliphatic heterocycles. The van der Waals surface area contributed by atoms with Gasteiger partial charge in [0.25, 0.3) is 0 Å². The van der Waals surface area contributed by atoms with Gasteiger partial charge in [-0.3, -0.25) is 9.69 Å². The zero-order chi connectivity index (χ0) is 19.2. The van der Waals surface area contributed by atoms with E-state index in [1.54, 1.807) is 7.11 Å². The normalized spacial score (nSPS) is 10.7. The summed E-state index contributed by atoms with van der Waals surface area (Å²) >= 11 is 1.53. The van der Waals surface area contributed by atoms with Crippen LogP contribution in [0.25, 0.3) is 10.2 Å². The van der Waals surface area contributed by atoms with Gasteiger partial charge in [0.15, 0.2) is 5.13 Å². The quantitative estimate of drug-likeness (QED) is 0.547. The summed E-state index contributed by atoms with van der Waals surface area (Å²) in [6.45, 7) is 1.56. The predicted molar refractivity (Wildman–Crippen MR) is 119 cm³/mol. The average Bonchev–Trinajstić information content (AvgIpc) is 3.09. The van der Waals surface area contributed by atoms with E-state index in [0.29, 0.717) is 13.0 Å². The molecule has 0 fully saturated rings. The summed E-state index contributed by atoms with van der Waals surface area (Å²) in [4.78, 5) is 21.7. The van der Waals surface area contributed by atoms with Crippen LogP contribution in [0.3, 0.4) is 0 Å². The summed E-state index contributed by atoms with van der Waals surface area (Å²) in [5, 5.41) is 0.731. The van der Waals surface area contributed by atoms with Crippen LogP contribution in [0.4, 0.5) is 5.13 Å². The second kappa shape index (κ2) is 10.4. The maximum atomic E-state index is 13.1. The monoisotopic (exact) mass is 419 g/mol. The van der Waals surface area contributed by atoms with Gasteiger partial charge in [-0.2, -0.15) is 0 Å². The van der Waals surface area contributed by atoms with Crippen molar-refractivity contribution in [2.24, 2.45) is 0 Å². The first-order chi connectivity index (χ1) is 13.1. The van der Waals surface area contributed by atoms with E-state index >= 15 is 0 Å². The molecular weight excluding hydrogens is 394 g/mol. The van der Waals surface area contributed by atoms with E-state index in [4.69, 9.17) is 9.72 Å². The van der Waals surface area contributed by atoms with Crippen LogP contribution >= 0.6 is 23.7 Å². The number of hydrogen-bond acceptors (Lipinski definition) is 5. The number of halogens is 1. The lowest BCUT2D eigenvalue weighted by Gasteiger charge is -2.21. The SMILES string of the molecule is COc1cccc2sc(N(CCCN(C)C)C(=O)Cc3ccccc3)nc12.Cl. The molecule has 7 heteroatoms. The lowest BCUT2D eigenvalue weighted by molar-refractivity contribution is -0.118. The summed E-state index contributed by atoms with van der Waals surface area (Å²) < 4.78 is 6.45. The van der Waals surface area contributed by atoms with Crippen molar-refractivity contribution in [3.63, 3.8) is 0 Å². The summed E-state index contributed by atoms with van der Waals surface area (Å²) in [5.41, 5.74) is 1.82. The van der Waals surface area contributed by atoms with Crippen LogP contribution in [0, 0.1) is 0 Å². The molecule has 5 nitrogen and oxygen atoms in total. The predicted octanol–water partition coefficient (Wildman–Crippen LogP) is 4.25. The van der Waals surface area contributed by atoms with Gasteiger partial charge in [0.1, 0.15) is 11.3 Å². The number of thiazole rings is 1. The van der Waals surface area contributed by atoms with Gasteiger partial charge in [-0.1, -0.05) is 47.7 Å². The van der Waals surface area contributed by atoms with E-state index in [1.165, 1.54) is 11.3 Å². The minimum absolute atomic E-state index is 0. The molecule has 0 N–H and O–H groups in total. The number of benzene rings is 2. The maximum Gasteiger partial charge on any atom is 0.233 e. The van der Waals surface area contributed by atoms with Gasteiger partial charge < -0.3 is 9.64 Å². The molecule has 2 aromatic carbocycles. The third kappa shape index (κ3) is 5.44. The highest BCUT2D eigenvalue weighted by atomic mass is 35.5. The molecule has 150 valence electrons. The van der Waals surface area contributed by atoms with Crippen LogP contribution in [0.1, 0.15) is 12.0 Å². The van der Waals surface area contributed by atoms with Crippen molar-refractivity contribution in [2.45, 2.75) is 12.8 Å². The number of carbonyl (C=O) groups is 1. The van der Waals surface area contributed by atoms with Crippen molar-refractivity contribution in [2.75, 3.05) is 39.2 Å². The smallest absolute Gasteiger partial charge is 0.233 e. The molecule has 0 atom stereocenters. The van der Waals surface area contributed by atoms with Crippen molar-refractivity contribution in [3.8, 4) is 5.75 Å². The van der Waals surface area contributed by atoms with Gasteiger partial charge in [-0.15, -0.1) is 12.4 Å². The molecular formula is C21H26ClN3O2S. The molecule has 1 heterocycles. The fraction of sp³-hybridized carbons (Fsp3) is 0.333. The molecule has 0 radical (unpaired) electrons. The Bertz CT molecular complexity index is 899. The maximum absolute atomic E-state index is 13.1. The molecule has 0 unspecified atom stereocenters. The summed E-state index contributed by atoms with van der Waals surface area (Å²) in [6.07, 6.45) is 1.26. The molecule has 3 aromatic rings. The Kier molecular flexibility index (Phi) is 8.23. The number of anilines is 1. The highest BCUT2D eigenvalue weighted by Gasteiger charge is 2.21. The minimum Gasteiger partial charge on any atom is -0.494 e. The number of methoxy groups -OCH3 is 1. The van der Waals surface area contributed by atoms with Crippen molar-refractivity contribution in [1.82, 2.24) is 9.88 Å². The highest BCUT2D eigenvalue weighted by molar-refractivity contribution is 7.22. The molecule has 0 spiro atoms.